The van der Waals surface area contributed by atoms with Gasteiger partial charge in [-0.3, -0.25) is 4.89 Å². The first kappa shape index (κ1) is 29.7. The number of rotatable bonds is 2. The molecule has 7 aromatic rings. The minimum atomic E-state index is -3.31. The number of fused-ring (bicyclic) bond motifs is 7. The standard InChI is InChI=1S/C32H11F10O3P/c33-21-19(22(34)26(38)29(41)25(21)37)15-9-11-5-1-3-7-13(11)17-18-14-8-4-2-6-12(14)10-16(32(18)45-46(43)44-31(15)17)20-23(35)27(39)30(42)28(40)24(20)36/h1-10,43H. The van der Waals surface area contributed by atoms with Gasteiger partial charge in [-0.15, -0.1) is 0 Å². The number of halogens is 10. The molecule has 0 aliphatic carbocycles. The lowest BCUT2D eigenvalue weighted by Gasteiger charge is -2.14. The van der Waals surface area contributed by atoms with Crippen LogP contribution >= 0.6 is 8.24 Å². The Morgan fingerprint density at radius 1 is 0.435 bits per heavy atom. The summed E-state index contributed by atoms with van der Waals surface area (Å²) in [6, 6.07) is 13.8. The molecule has 0 amide bonds. The van der Waals surface area contributed by atoms with Gasteiger partial charge in [-0.25, -0.2) is 43.9 Å². The smallest absolute Gasteiger partial charge is 0.384 e. The summed E-state index contributed by atoms with van der Waals surface area (Å²) < 4.78 is 158. The van der Waals surface area contributed by atoms with Crippen LogP contribution in [0.3, 0.4) is 0 Å². The van der Waals surface area contributed by atoms with Crippen LogP contribution in [0, 0.1) is 58.2 Å². The fraction of sp³-hybridized carbons (Fsp3) is 0. The van der Waals surface area contributed by atoms with Crippen molar-refractivity contribution in [2.24, 2.45) is 0 Å². The van der Waals surface area contributed by atoms with Gasteiger partial charge in [0.15, 0.2) is 57.7 Å². The Balaban J connectivity index is 1.82. The summed E-state index contributed by atoms with van der Waals surface area (Å²) in [7, 11) is -3.31. The molecular formula is C32H11F10O3P. The molecule has 3 nitrogen and oxygen atoms in total. The summed E-state index contributed by atoms with van der Waals surface area (Å²) in [5, 5.41) is 0.162. The highest BCUT2D eigenvalue weighted by Gasteiger charge is 2.32. The molecule has 0 unspecified atom stereocenters. The van der Waals surface area contributed by atoms with Gasteiger partial charge in [0.05, 0.1) is 11.1 Å². The third-order valence-corrected chi connectivity index (χ3v) is 8.23. The summed E-state index contributed by atoms with van der Waals surface area (Å²) in [6.07, 6.45) is 0. The van der Waals surface area contributed by atoms with Crippen molar-refractivity contribution in [1.29, 1.82) is 0 Å². The first-order valence-electron chi connectivity index (χ1n) is 12.9. The molecule has 7 rings (SSSR count). The third-order valence-electron chi connectivity index (χ3n) is 7.55. The average molecular weight is 664 g/mol. The number of hydrogen-bond acceptors (Lipinski definition) is 3. The van der Waals surface area contributed by atoms with E-state index in [1.54, 1.807) is 0 Å². The second-order valence-corrected chi connectivity index (χ2v) is 10.8. The molecule has 0 atom stereocenters. The quantitative estimate of drug-likeness (QED) is 0.114. The van der Waals surface area contributed by atoms with Crippen LogP contribution in [0.5, 0.6) is 0 Å². The average Bonchev–Trinajstić information content (AvgIpc) is 3.21. The molecule has 0 spiro atoms. The SMILES string of the molecule is Op1oc2c(-c3c(F)c(F)c(F)c(F)c3F)cc3ccccc3c2c2c(o1)c(-c1c(F)c(F)c(F)c(F)c1F)cc1ccccc12. The van der Waals surface area contributed by atoms with E-state index in [0.29, 0.717) is 0 Å². The fourth-order valence-electron chi connectivity index (χ4n) is 5.57. The third kappa shape index (κ3) is 4.11. The molecule has 0 aliphatic heterocycles. The molecular weight excluding hydrogens is 653 g/mol. The van der Waals surface area contributed by atoms with Crippen molar-refractivity contribution in [3.63, 3.8) is 0 Å². The zero-order valence-corrected chi connectivity index (χ0v) is 23.2. The Labute approximate surface area is 250 Å². The van der Waals surface area contributed by atoms with Crippen molar-refractivity contribution in [3.05, 3.63) is 119 Å². The number of benzene rings is 6. The molecule has 0 saturated carbocycles. The molecule has 0 fully saturated rings. The van der Waals surface area contributed by atoms with Crippen LogP contribution in [0.2, 0.25) is 0 Å². The molecule has 6 aromatic carbocycles. The van der Waals surface area contributed by atoms with E-state index in [0.717, 1.165) is 12.1 Å². The monoisotopic (exact) mass is 664 g/mol. The molecule has 0 aliphatic rings. The first-order valence-corrected chi connectivity index (χ1v) is 14.1. The predicted molar refractivity (Wildman–Crippen MR) is 149 cm³/mol. The van der Waals surface area contributed by atoms with Gasteiger partial charge in [-0.05, 0) is 33.7 Å². The molecule has 1 aromatic heterocycles. The second kappa shape index (κ2) is 10.5. The van der Waals surface area contributed by atoms with E-state index in [1.165, 1.54) is 48.5 Å². The summed E-state index contributed by atoms with van der Waals surface area (Å²) in [4.78, 5) is 10.9. The molecule has 232 valence electrons. The molecule has 1 N–H and O–H groups in total. The van der Waals surface area contributed by atoms with Crippen LogP contribution in [0.1, 0.15) is 0 Å². The topological polar surface area (TPSA) is 46.5 Å². The van der Waals surface area contributed by atoms with Crippen LogP contribution in [-0.2, 0) is 0 Å². The van der Waals surface area contributed by atoms with Crippen molar-refractivity contribution in [1.82, 2.24) is 0 Å². The van der Waals surface area contributed by atoms with E-state index in [4.69, 9.17) is 8.39 Å². The highest BCUT2D eigenvalue weighted by molar-refractivity contribution is 7.30. The van der Waals surface area contributed by atoms with Gasteiger partial charge in [0.25, 0.3) is 0 Å². The van der Waals surface area contributed by atoms with E-state index in [1.807, 2.05) is 0 Å². The van der Waals surface area contributed by atoms with Crippen molar-refractivity contribution >= 4 is 51.7 Å². The molecule has 1 heterocycles. The van der Waals surface area contributed by atoms with Crippen LogP contribution in [-0.4, -0.2) is 4.89 Å². The van der Waals surface area contributed by atoms with E-state index in [9.17, 15) is 31.2 Å². The van der Waals surface area contributed by atoms with Crippen LogP contribution in [0.25, 0.3) is 65.7 Å². The summed E-state index contributed by atoms with van der Waals surface area (Å²) >= 11 is 0. The van der Waals surface area contributed by atoms with E-state index < -0.39 is 99.8 Å². The van der Waals surface area contributed by atoms with Crippen molar-refractivity contribution < 1.29 is 57.2 Å². The Hall–Kier alpha value is -5.00. The van der Waals surface area contributed by atoms with Crippen LogP contribution in [0.4, 0.5) is 43.9 Å². The van der Waals surface area contributed by atoms with Gasteiger partial charge in [0.1, 0.15) is 0 Å². The lowest BCUT2D eigenvalue weighted by molar-refractivity contribution is 0.381. The van der Waals surface area contributed by atoms with Gasteiger partial charge in [0.2, 0.25) is 11.6 Å². The summed E-state index contributed by atoms with van der Waals surface area (Å²) in [6.45, 7) is 0. The van der Waals surface area contributed by atoms with Crippen LogP contribution in [0.15, 0.2) is 69.1 Å². The van der Waals surface area contributed by atoms with E-state index in [2.05, 4.69) is 0 Å². The van der Waals surface area contributed by atoms with Crippen LogP contribution < -0.4 is 0 Å². The maximum absolute atomic E-state index is 15.2. The lowest BCUT2D eigenvalue weighted by atomic mass is 9.91. The lowest BCUT2D eigenvalue weighted by Crippen LogP contribution is -2.04. The highest BCUT2D eigenvalue weighted by atomic mass is 31.1. The van der Waals surface area contributed by atoms with Gasteiger partial charge in [-0.2, -0.15) is 0 Å². The summed E-state index contributed by atoms with van der Waals surface area (Å²) in [5.41, 5.74) is -5.63. The zero-order valence-electron chi connectivity index (χ0n) is 22.3. The number of hydrogen-bond donors (Lipinski definition) is 1. The molecule has 0 bridgehead atoms. The fourth-order valence-corrected chi connectivity index (χ4v) is 6.30. The Morgan fingerprint density at radius 3 is 1.09 bits per heavy atom. The van der Waals surface area contributed by atoms with Gasteiger partial charge >= 0.3 is 8.24 Å². The van der Waals surface area contributed by atoms with E-state index in [-0.39, 0.29) is 32.3 Å². The Morgan fingerprint density at radius 2 is 0.739 bits per heavy atom. The van der Waals surface area contributed by atoms with Gasteiger partial charge in [0, 0.05) is 21.9 Å². The molecule has 0 radical (unpaired) electrons. The predicted octanol–water partition coefficient (Wildman–Crippen LogP) is 11.1. The normalized spacial score (nSPS) is 11.8. The summed E-state index contributed by atoms with van der Waals surface area (Å²) in [5.74, 6) is -22.9. The van der Waals surface area contributed by atoms with Gasteiger partial charge in [-0.1, -0.05) is 48.5 Å². The van der Waals surface area contributed by atoms with Gasteiger partial charge < -0.3 is 8.39 Å². The largest absolute Gasteiger partial charge is 0.398 e. The minimum Gasteiger partial charge on any atom is -0.398 e. The van der Waals surface area contributed by atoms with Crippen molar-refractivity contribution in [3.8, 4) is 22.3 Å². The zero-order chi connectivity index (χ0) is 32.8. The maximum Gasteiger partial charge on any atom is 0.384 e. The minimum absolute atomic E-state index is 0.129. The van der Waals surface area contributed by atoms with Crippen molar-refractivity contribution in [2.45, 2.75) is 0 Å². The molecule has 46 heavy (non-hydrogen) atoms. The molecule has 14 heteroatoms. The van der Waals surface area contributed by atoms with E-state index >= 15 is 17.6 Å². The Kier molecular flexibility index (Phi) is 6.80. The maximum atomic E-state index is 15.2. The second-order valence-electron chi connectivity index (χ2n) is 10.0. The van der Waals surface area contributed by atoms with Crippen molar-refractivity contribution in [2.75, 3.05) is 0 Å². The molecule has 0 saturated heterocycles. The highest BCUT2D eigenvalue weighted by Crippen LogP contribution is 2.48. The Bertz CT molecular complexity index is 2280. The first-order chi connectivity index (χ1) is 21.9.